The minimum atomic E-state index is 0.404. The van der Waals surface area contributed by atoms with Crippen molar-refractivity contribution in [3.05, 3.63) is 48.4 Å². The molecule has 30 heavy (non-hydrogen) atoms. The largest absolute Gasteiger partial charge is 0.493 e. The number of benzene rings is 1. The first kappa shape index (κ1) is 21.1. The van der Waals surface area contributed by atoms with Crippen LogP contribution in [0.25, 0.3) is 11.6 Å². The Balaban J connectivity index is 1.63. The van der Waals surface area contributed by atoms with Gasteiger partial charge < -0.3 is 24.6 Å². The van der Waals surface area contributed by atoms with Gasteiger partial charge in [0.25, 0.3) is 5.89 Å². The van der Waals surface area contributed by atoms with Crippen molar-refractivity contribution in [2.45, 2.75) is 20.3 Å². The summed E-state index contributed by atoms with van der Waals surface area (Å²) >= 11 is 0. The quantitative estimate of drug-likeness (QED) is 0.409. The number of ether oxygens (including phenoxy) is 2. The molecule has 0 amide bonds. The maximum absolute atomic E-state index is 5.56. The van der Waals surface area contributed by atoms with Gasteiger partial charge in [-0.15, -0.1) is 0 Å². The first-order valence-electron chi connectivity index (χ1n) is 9.83. The van der Waals surface area contributed by atoms with Crippen LogP contribution in [0.2, 0.25) is 0 Å². The van der Waals surface area contributed by atoms with E-state index in [1.165, 1.54) is 0 Å². The molecule has 0 saturated heterocycles. The molecule has 0 aliphatic heterocycles. The minimum absolute atomic E-state index is 0.404. The molecule has 0 bridgehead atoms. The number of nitrogens with zero attached hydrogens (tertiary/aromatic N) is 4. The normalized spacial score (nSPS) is 11.2. The van der Waals surface area contributed by atoms with Gasteiger partial charge >= 0.3 is 0 Å². The van der Waals surface area contributed by atoms with Crippen molar-refractivity contribution >= 4 is 11.6 Å². The van der Waals surface area contributed by atoms with E-state index in [1.54, 1.807) is 13.3 Å². The van der Waals surface area contributed by atoms with Gasteiger partial charge in [0.1, 0.15) is 5.69 Å². The highest BCUT2D eigenvalue weighted by molar-refractivity contribution is 5.93. The number of hydrogen-bond donors (Lipinski definition) is 2. The third-order valence-corrected chi connectivity index (χ3v) is 4.03. The molecule has 0 atom stereocenters. The number of anilines is 1. The molecule has 0 unspecified atom stereocenters. The molecule has 0 saturated carbocycles. The summed E-state index contributed by atoms with van der Waals surface area (Å²) in [6.45, 7) is 5.74. The van der Waals surface area contributed by atoms with Crippen LogP contribution in [0, 0.1) is 0 Å². The highest BCUT2D eigenvalue weighted by atomic mass is 16.5. The summed E-state index contributed by atoms with van der Waals surface area (Å²) < 4.78 is 16.2. The highest BCUT2D eigenvalue weighted by Crippen LogP contribution is 2.30. The van der Waals surface area contributed by atoms with Gasteiger partial charge in [0.15, 0.2) is 23.3 Å². The Bertz CT molecular complexity index is 958. The molecule has 0 fully saturated rings. The lowest BCUT2D eigenvalue weighted by molar-refractivity contribution is 0.311. The van der Waals surface area contributed by atoms with Crippen LogP contribution in [-0.2, 0) is 6.42 Å². The van der Waals surface area contributed by atoms with E-state index in [0.29, 0.717) is 54.4 Å². The average Bonchev–Trinajstić information content (AvgIpc) is 3.24. The van der Waals surface area contributed by atoms with Gasteiger partial charge in [-0.3, -0.25) is 9.98 Å². The number of hydrogen-bond acceptors (Lipinski definition) is 7. The molecule has 9 nitrogen and oxygen atoms in total. The summed E-state index contributed by atoms with van der Waals surface area (Å²) in [7, 11) is 1.62. The second-order valence-corrected chi connectivity index (χ2v) is 6.17. The van der Waals surface area contributed by atoms with Gasteiger partial charge in [0.2, 0.25) is 0 Å². The number of methoxy groups -OCH3 is 1. The lowest BCUT2D eigenvalue weighted by Crippen LogP contribution is -2.31. The van der Waals surface area contributed by atoms with Crippen molar-refractivity contribution in [1.29, 1.82) is 0 Å². The highest BCUT2D eigenvalue weighted by Gasteiger charge is 2.10. The summed E-state index contributed by atoms with van der Waals surface area (Å²) in [4.78, 5) is 13.2. The van der Waals surface area contributed by atoms with Crippen LogP contribution in [0.4, 0.5) is 5.69 Å². The smallest absolute Gasteiger partial charge is 0.276 e. The Hall–Kier alpha value is -3.62. The van der Waals surface area contributed by atoms with E-state index in [2.05, 4.69) is 30.8 Å². The number of nitrogens with one attached hydrogen (secondary N) is 2. The third-order valence-electron chi connectivity index (χ3n) is 4.03. The number of guanidine groups is 1. The first-order chi connectivity index (χ1) is 14.7. The van der Waals surface area contributed by atoms with Gasteiger partial charge in [-0.25, -0.2) is 0 Å². The molecule has 3 rings (SSSR count). The second-order valence-electron chi connectivity index (χ2n) is 6.17. The van der Waals surface area contributed by atoms with Crippen LogP contribution in [0.15, 0.2) is 52.1 Å². The number of aromatic nitrogens is 3. The third kappa shape index (κ3) is 5.69. The standard InChI is InChI=1S/C21H26N6O3/c1-4-22-21(25-15-9-10-17(29-5-2)18(14-15)28-3)24-13-11-19-26-20(30-27-19)16-8-6-7-12-23-16/h6-10,12,14H,4-5,11,13H2,1-3H3,(H2,22,24,25). The lowest BCUT2D eigenvalue weighted by Gasteiger charge is -2.14. The molecule has 0 radical (unpaired) electrons. The van der Waals surface area contributed by atoms with Crippen LogP contribution in [0.5, 0.6) is 11.5 Å². The fourth-order valence-corrected chi connectivity index (χ4v) is 2.68. The molecule has 0 aliphatic carbocycles. The maximum Gasteiger partial charge on any atom is 0.276 e. The summed E-state index contributed by atoms with van der Waals surface area (Å²) in [5.41, 5.74) is 1.49. The molecular weight excluding hydrogens is 384 g/mol. The fourth-order valence-electron chi connectivity index (χ4n) is 2.68. The van der Waals surface area contributed by atoms with Crippen molar-refractivity contribution in [2.75, 3.05) is 32.1 Å². The summed E-state index contributed by atoms with van der Waals surface area (Å²) in [5.74, 6) is 3.00. The summed E-state index contributed by atoms with van der Waals surface area (Å²) in [6.07, 6.45) is 2.23. The molecule has 2 N–H and O–H groups in total. The zero-order chi connectivity index (χ0) is 21.2. The molecule has 9 heteroatoms. The molecule has 2 aromatic heterocycles. The second kappa shape index (κ2) is 10.8. The Labute approximate surface area is 175 Å². The molecular formula is C21H26N6O3. The van der Waals surface area contributed by atoms with E-state index in [0.717, 1.165) is 12.2 Å². The van der Waals surface area contributed by atoms with Gasteiger partial charge in [-0.1, -0.05) is 11.2 Å². The number of rotatable bonds is 9. The van der Waals surface area contributed by atoms with Crippen LogP contribution >= 0.6 is 0 Å². The van der Waals surface area contributed by atoms with E-state index < -0.39 is 0 Å². The topological polar surface area (TPSA) is 107 Å². The van der Waals surface area contributed by atoms with Crippen molar-refractivity contribution in [3.8, 4) is 23.1 Å². The molecule has 1 aromatic carbocycles. The average molecular weight is 410 g/mol. The van der Waals surface area contributed by atoms with E-state index in [4.69, 9.17) is 14.0 Å². The van der Waals surface area contributed by atoms with Crippen molar-refractivity contribution in [1.82, 2.24) is 20.4 Å². The van der Waals surface area contributed by atoms with Crippen molar-refractivity contribution in [2.24, 2.45) is 4.99 Å². The van der Waals surface area contributed by atoms with Crippen LogP contribution in [0.1, 0.15) is 19.7 Å². The minimum Gasteiger partial charge on any atom is -0.493 e. The van der Waals surface area contributed by atoms with Gasteiger partial charge in [0, 0.05) is 37.5 Å². The fraction of sp³-hybridized carbons (Fsp3) is 0.333. The summed E-state index contributed by atoms with van der Waals surface area (Å²) in [5, 5.41) is 10.5. The van der Waals surface area contributed by atoms with Crippen LogP contribution < -0.4 is 20.1 Å². The van der Waals surface area contributed by atoms with Crippen LogP contribution in [0.3, 0.4) is 0 Å². The Morgan fingerprint density at radius 1 is 1.17 bits per heavy atom. The number of pyridine rings is 1. The van der Waals surface area contributed by atoms with Crippen molar-refractivity contribution in [3.63, 3.8) is 0 Å². The Morgan fingerprint density at radius 2 is 2.07 bits per heavy atom. The van der Waals surface area contributed by atoms with Crippen molar-refractivity contribution < 1.29 is 14.0 Å². The Kier molecular flexibility index (Phi) is 7.59. The predicted molar refractivity (Wildman–Crippen MR) is 115 cm³/mol. The zero-order valence-electron chi connectivity index (χ0n) is 17.4. The molecule has 0 spiro atoms. The SMILES string of the molecule is CCNC(=NCCc1noc(-c2ccccn2)n1)Nc1ccc(OCC)c(OC)c1. The van der Waals surface area contributed by atoms with E-state index in [-0.39, 0.29) is 0 Å². The van der Waals surface area contributed by atoms with Gasteiger partial charge in [-0.2, -0.15) is 4.98 Å². The maximum atomic E-state index is 5.56. The predicted octanol–water partition coefficient (Wildman–Crippen LogP) is 3.16. The first-order valence-corrected chi connectivity index (χ1v) is 9.83. The van der Waals surface area contributed by atoms with E-state index in [1.807, 2.05) is 50.2 Å². The van der Waals surface area contributed by atoms with Crippen LogP contribution in [-0.4, -0.2) is 47.9 Å². The van der Waals surface area contributed by atoms with Gasteiger partial charge in [0.05, 0.1) is 13.7 Å². The van der Waals surface area contributed by atoms with E-state index in [9.17, 15) is 0 Å². The zero-order valence-corrected chi connectivity index (χ0v) is 17.4. The van der Waals surface area contributed by atoms with E-state index >= 15 is 0 Å². The molecule has 3 aromatic rings. The Morgan fingerprint density at radius 3 is 2.80 bits per heavy atom. The molecule has 158 valence electrons. The lowest BCUT2D eigenvalue weighted by atomic mass is 10.2. The molecule has 0 aliphatic rings. The summed E-state index contributed by atoms with van der Waals surface area (Å²) in [6, 6.07) is 11.2. The molecule has 2 heterocycles. The van der Waals surface area contributed by atoms with Gasteiger partial charge in [-0.05, 0) is 38.1 Å². The number of aliphatic imine (C=N–C) groups is 1. The monoisotopic (exact) mass is 410 g/mol.